The van der Waals surface area contributed by atoms with Crippen LogP contribution in [0.25, 0.3) is 0 Å². The van der Waals surface area contributed by atoms with Gasteiger partial charge in [-0.05, 0) is 44.0 Å². The van der Waals surface area contributed by atoms with Crippen molar-refractivity contribution in [2.24, 2.45) is 0 Å². The molecule has 0 radical (unpaired) electrons. The average Bonchev–Trinajstić information content (AvgIpc) is 2.79. The van der Waals surface area contributed by atoms with E-state index in [4.69, 9.17) is 15.2 Å². The van der Waals surface area contributed by atoms with Crippen LogP contribution in [0.5, 0.6) is 0 Å². The van der Waals surface area contributed by atoms with Gasteiger partial charge in [-0.3, -0.25) is 10.2 Å². The second kappa shape index (κ2) is 12.0. The van der Waals surface area contributed by atoms with Gasteiger partial charge >= 0.3 is 12.2 Å². The number of hydrogen-bond donors (Lipinski definition) is 3. The number of benzene rings is 2. The molecule has 1 aliphatic rings. The van der Waals surface area contributed by atoms with Gasteiger partial charge in [-0.25, -0.2) is 9.59 Å². The molecule has 1 heterocycles. The van der Waals surface area contributed by atoms with Gasteiger partial charge in [0.05, 0.1) is 11.4 Å². The maximum atomic E-state index is 12.2. The summed E-state index contributed by atoms with van der Waals surface area (Å²) in [7, 11) is 0. The third-order valence-corrected chi connectivity index (χ3v) is 5.44. The monoisotopic (exact) mass is 440 g/mol. The number of piperidine rings is 1. The first-order valence-electron chi connectivity index (χ1n) is 11.0. The van der Waals surface area contributed by atoms with Gasteiger partial charge in [0.25, 0.3) is 0 Å². The maximum Gasteiger partial charge on any atom is 0.411 e. The second-order valence-electron chi connectivity index (χ2n) is 8.06. The number of amides is 2. The van der Waals surface area contributed by atoms with Crippen molar-refractivity contribution in [3.8, 4) is 0 Å². The highest BCUT2D eigenvalue weighted by atomic mass is 16.6. The number of hydrogen-bond acceptors (Lipinski definition) is 6. The zero-order valence-corrected chi connectivity index (χ0v) is 18.5. The molecule has 1 unspecified atom stereocenters. The highest BCUT2D eigenvalue weighted by Crippen LogP contribution is 2.19. The second-order valence-corrected chi connectivity index (χ2v) is 8.06. The molecule has 0 aromatic heterocycles. The molecule has 1 saturated heterocycles. The minimum atomic E-state index is -0.524. The molecule has 8 nitrogen and oxygen atoms in total. The Bertz CT molecular complexity index is 877. The number of anilines is 2. The maximum absolute atomic E-state index is 12.2. The fourth-order valence-electron chi connectivity index (χ4n) is 3.78. The summed E-state index contributed by atoms with van der Waals surface area (Å²) in [4.78, 5) is 26.6. The molecule has 172 valence electrons. The third kappa shape index (κ3) is 7.46. The molecular formula is C24H32N4O4. The summed E-state index contributed by atoms with van der Waals surface area (Å²) in [5.74, 6) is 0. The first-order chi connectivity index (χ1) is 15.5. The van der Waals surface area contributed by atoms with Gasteiger partial charge in [-0.1, -0.05) is 48.9 Å². The van der Waals surface area contributed by atoms with Crippen LogP contribution in [0.1, 0.15) is 31.7 Å². The first-order valence-corrected chi connectivity index (χ1v) is 11.0. The lowest BCUT2D eigenvalue weighted by molar-refractivity contribution is 0.0677. The molecule has 1 aliphatic heterocycles. The van der Waals surface area contributed by atoms with Gasteiger partial charge < -0.3 is 20.5 Å². The summed E-state index contributed by atoms with van der Waals surface area (Å²) in [6, 6.07) is 16.6. The molecular weight excluding hydrogens is 408 g/mol. The smallest absolute Gasteiger partial charge is 0.411 e. The number of ether oxygens (including phenoxy) is 2. The Labute approximate surface area is 189 Å². The van der Waals surface area contributed by atoms with Crippen LogP contribution in [0.4, 0.5) is 21.0 Å². The number of nitrogens with one attached hydrogen (secondary N) is 2. The van der Waals surface area contributed by atoms with Crippen molar-refractivity contribution in [1.82, 2.24) is 10.2 Å². The van der Waals surface area contributed by atoms with Crippen molar-refractivity contribution in [1.29, 1.82) is 0 Å². The lowest BCUT2D eigenvalue weighted by atomic mass is 10.0. The van der Waals surface area contributed by atoms with E-state index in [1.165, 1.54) is 0 Å². The number of nitrogens with two attached hydrogens (primary N) is 1. The molecule has 0 spiro atoms. The summed E-state index contributed by atoms with van der Waals surface area (Å²) >= 11 is 0. The Hall–Kier alpha value is -3.26. The van der Waals surface area contributed by atoms with E-state index in [0.717, 1.165) is 31.4 Å². The van der Waals surface area contributed by atoms with E-state index >= 15 is 0 Å². The van der Waals surface area contributed by atoms with Crippen molar-refractivity contribution in [2.75, 3.05) is 30.7 Å². The molecule has 2 aromatic rings. The molecule has 3 rings (SSSR count). The fraction of sp³-hybridized carbons (Fsp3) is 0.417. The largest absolute Gasteiger partial charge is 0.448 e. The predicted octanol–water partition coefficient (Wildman–Crippen LogP) is 3.99. The van der Waals surface area contributed by atoms with Crippen LogP contribution in [-0.2, 0) is 16.1 Å². The zero-order chi connectivity index (χ0) is 22.8. The lowest BCUT2D eigenvalue weighted by Crippen LogP contribution is -2.49. The summed E-state index contributed by atoms with van der Waals surface area (Å²) in [6.45, 7) is 4.01. The predicted molar refractivity (Wildman–Crippen MR) is 124 cm³/mol. The van der Waals surface area contributed by atoms with Crippen LogP contribution in [-0.4, -0.2) is 48.9 Å². The van der Waals surface area contributed by atoms with Crippen molar-refractivity contribution in [3.05, 3.63) is 60.2 Å². The van der Waals surface area contributed by atoms with Gasteiger partial charge in [0.1, 0.15) is 13.2 Å². The Morgan fingerprint density at radius 2 is 1.81 bits per heavy atom. The molecule has 2 amide bonds. The number of alkyl carbamates (subject to hydrolysis) is 1. The summed E-state index contributed by atoms with van der Waals surface area (Å²) < 4.78 is 10.8. The molecule has 8 heteroatoms. The molecule has 2 atom stereocenters. The topological polar surface area (TPSA) is 106 Å². The van der Waals surface area contributed by atoms with Gasteiger partial charge in [0.15, 0.2) is 0 Å². The van der Waals surface area contributed by atoms with E-state index in [2.05, 4.69) is 15.5 Å². The van der Waals surface area contributed by atoms with Crippen LogP contribution >= 0.6 is 0 Å². The summed E-state index contributed by atoms with van der Waals surface area (Å²) in [6.07, 6.45) is 2.13. The Kier molecular flexibility index (Phi) is 8.74. The number of likely N-dealkylation sites (tertiary alicyclic amines) is 1. The molecule has 4 N–H and O–H groups in total. The van der Waals surface area contributed by atoms with Gasteiger partial charge in [-0.2, -0.15) is 0 Å². The molecule has 1 fully saturated rings. The number of para-hydroxylation sites is 2. The van der Waals surface area contributed by atoms with Crippen LogP contribution in [0, 0.1) is 0 Å². The standard InChI is InChI=1S/C24H32N4O4/c1-18(26-23(29)31-16-19-9-3-2-4-10-19)15-28-14-8-7-11-20(28)17-32-24(30)27-22-13-6-5-12-21(22)25/h2-6,9-10,12-13,18,20H,7-8,11,14-17,25H2,1H3,(H,26,29)(H,27,30)/t18?,20-/m1/s1. The van der Waals surface area contributed by atoms with Crippen molar-refractivity contribution in [3.63, 3.8) is 0 Å². The normalized spacial score (nSPS) is 17.2. The fourth-order valence-corrected chi connectivity index (χ4v) is 3.78. The van der Waals surface area contributed by atoms with Crippen molar-refractivity contribution in [2.45, 2.75) is 44.9 Å². The summed E-state index contributed by atoms with van der Waals surface area (Å²) in [5.41, 5.74) is 7.82. The van der Waals surface area contributed by atoms with E-state index in [9.17, 15) is 9.59 Å². The van der Waals surface area contributed by atoms with E-state index in [0.29, 0.717) is 17.9 Å². The van der Waals surface area contributed by atoms with Crippen LogP contribution < -0.4 is 16.4 Å². The minimum absolute atomic E-state index is 0.100. The van der Waals surface area contributed by atoms with Crippen LogP contribution in [0.3, 0.4) is 0 Å². The number of carbonyl (C=O) groups is 2. The zero-order valence-electron chi connectivity index (χ0n) is 18.5. The minimum Gasteiger partial charge on any atom is -0.448 e. The molecule has 32 heavy (non-hydrogen) atoms. The average molecular weight is 441 g/mol. The SMILES string of the molecule is CC(CN1CCCC[C@@H]1COC(=O)Nc1ccccc1N)NC(=O)OCc1ccccc1. The number of nitrogen functional groups attached to an aromatic ring is 1. The van der Waals surface area contributed by atoms with Crippen molar-refractivity contribution < 1.29 is 19.1 Å². The van der Waals surface area contributed by atoms with E-state index in [1.807, 2.05) is 37.3 Å². The lowest BCUT2D eigenvalue weighted by Gasteiger charge is -2.36. The molecule has 2 aromatic carbocycles. The van der Waals surface area contributed by atoms with E-state index < -0.39 is 12.2 Å². The van der Waals surface area contributed by atoms with E-state index in [-0.39, 0.29) is 25.3 Å². The van der Waals surface area contributed by atoms with Gasteiger partial charge in [0, 0.05) is 18.6 Å². The van der Waals surface area contributed by atoms with Gasteiger partial charge in [0.2, 0.25) is 0 Å². The molecule has 0 aliphatic carbocycles. The Balaban J connectivity index is 1.42. The molecule has 0 saturated carbocycles. The van der Waals surface area contributed by atoms with Crippen LogP contribution in [0.2, 0.25) is 0 Å². The Morgan fingerprint density at radius 1 is 1.06 bits per heavy atom. The number of carbonyl (C=O) groups excluding carboxylic acids is 2. The van der Waals surface area contributed by atoms with Crippen molar-refractivity contribution >= 4 is 23.6 Å². The number of rotatable bonds is 8. The summed E-state index contributed by atoms with van der Waals surface area (Å²) in [5, 5.41) is 5.57. The Morgan fingerprint density at radius 3 is 2.59 bits per heavy atom. The third-order valence-electron chi connectivity index (χ3n) is 5.44. The first kappa shape index (κ1) is 23.4. The van der Waals surface area contributed by atoms with Gasteiger partial charge in [-0.15, -0.1) is 0 Å². The van der Waals surface area contributed by atoms with E-state index in [1.54, 1.807) is 24.3 Å². The quantitative estimate of drug-likeness (QED) is 0.536. The highest BCUT2D eigenvalue weighted by molar-refractivity contribution is 5.88. The highest BCUT2D eigenvalue weighted by Gasteiger charge is 2.25. The van der Waals surface area contributed by atoms with Crippen LogP contribution in [0.15, 0.2) is 54.6 Å². The molecule has 0 bridgehead atoms. The number of nitrogens with zero attached hydrogens (tertiary/aromatic N) is 1.